The Morgan fingerprint density at radius 1 is 0.429 bits per heavy atom. The molecule has 0 radical (unpaired) electrons. The molecule has 35 heavy (non-hydrogen) atoms. The van der Waals surface area contributed by atoms with E-state index in [0.717, 1.165) is 37.0 Å². The van der Waals surface area contributed by atoms with Crippen LogP contribution in [0.3, 0.4) is 0 Å². The largest absolute Gasteiger partial charge is 3.00 e. The Labute approximate surface area is 214 Å². The van der Waals surface area contributed by atoms with Crippen LogP contribution in [0.15, 0.2) is 50.2 Å². The van der Waals surface area contributed by atoms with E-state index in [4.69, 9.17) is 0 Å². The SMILES string of the molecule is O=C([O-])c1ccoc1C(=O)[O-].O=C([O-])c1ccoc1C(=O)[O-].O=C([O-])c1ccoc1C(=O)[O-].[Al+3].[Al+3]. The standard InChI is InChI=1S/3C6H4O5.2Al/c3*7-5(8)3-1-2-11-4(3)6(9)10;;/h3*1-2H,(H,7,8)(H,9,10);;/q;;;2*+3/p-6. The Bertz CT molecular complexity index is 967. The Hall–Kier alpha value is -4.28. The van der Waals surface area contributed by atoms with Gasteiger partial charge in [0, 0.05) is 16.7 Å². The summed E-state index contributed by atoms with van der Waals surface area (Å²) >= 11 is 0. The van der Waals surface area contributed by atoms with Crippen LogP contribution in [0.4, 0.5) is 0 Å². The van der Waals surface area contributed by atoms with Crippen molar-refractivity contribution < 1.29 is 72.7 Å². The summed E-state index contributed by atoms with van der Waals surface area (Å²) < 4.78 is 12.9. The number of rotatable bonds is 6. The van der Waals surface area contributed by atoms with Gasteiger partial charge in [0.1, 0.15) is 17.9 Å². The molecule has 3 rings (SSSR count). The second kappa shape index (κ2) is 14.8. The van der Waals surface area contributed by atoms with Crippen LogP contribution >= 0.6 is 0 Å². The number of furan rings is 3. The molecule has 0 N–H and O–H groups in total. The zero-order valence-corrected chi connectivity index (χ0v) is 19.1. The van der Waals surface area contributed by atoms with E-state index in [1.807, 2.05) is 0 Å². The van der Waals surface area contributed by atoms with Gasteiger partial charge >= 0.3 is 34.7 Å². The number of carboxylic acids is 6. The minimum Gasteiger partial charge on any atom is -0.545 e. The van der Waals surface area contributed by atoms with Crippen molar-refractivity contribution in [3.05, 3.63) is 71.0 Å². The maximum absolute atomic E-state index is 10.1. The Morgan fingerprint density at radius 2 is 0.629 bits per heavy atom. The first-order chi connectivity index (χ1) is 15.4. The molecule has 3 aromatic rings. The van der Waals surface area contributed by atoms with Crippen LogP contribution in [0.2, 0.25) is 0 Å². The van der Waals surface area contributed by atoms with Gasteiger partial charge in [-0.15, -0.1) is 0 Å². The number of carbonyl (C=O) groups excluding carboxylic acids is 6. The molecule has 0 aliphatic heterocycles. The van der Waals surface area contributed by atoms with Gasteiger partial charge < -0.3 is 72.7 Å². The summed E-state index contributed by atoms with van der Waals surface area (Å²) in [4.78, 5) is 60.6. The first-order valence-corrected chi connectivity index (χ1v) is 7.88. The maximum Gasteiger partial charge on any atom is 3.00 e. The predicted molar refractivity (Wildman–Crippen MR) is 93.6 cm³/mol. The minimum atomic E-state index is -1.67. The summed E-state index contributed by atoms with van der Waals surface area (Å²) in [6.07, 6.45) is 2.82. The zero-order valence-electron chi connectivity index (χ0n) is 16.7. The molecule has 15 nitrogen and oxygen atoms in total. The van der Waals surface area contributed by atoms with E-state index < -0.39 is 69.8 Å². The molecule has 0 aliphatic rings. The van der Waals surface area contributed by atoms with Gasteiger partial charge in [0.25, 0.3) is 0 Å². The Balaban J connectivity index is 0. The molecule has 0 fully saturated rings. The van der Waals surface area contributed by atoms with Crippen LogP contribution < -0.4 is 30.6 Å². The molecule has 0 spiro atoms. The fraction of sp³-hybridized carbons (Fsp3) is 0. The van der Waals surface area contributed by atoms with Gasteiger partial charge in [0.15, 0.2) is 17.3 Å². The average Bonchev–Trinajstić information content (AvgIpc) is 3.48. The summed E-state index contributed by atoms with van der Waals surface area (Å²) in [5.41, 5.74) is -1.53. The van der Waals surface area contributed by atoms with Gasteiger partial charge in [-0.1, -0.05) is 0 Å². The molecule has 0 aliphatic carbocycles. The molecule has 0 saturated heterocycles. The number of hydrogen-bond donors (Lipinski definition) is 0. The minimum absolute atomic E-state index is 0. The number of carboxylic acid groups (broad SMARTS) is 6. The summed E-state index contributed by atoms with van der Waals surface area (Å²) in [5, 5.41) is 60.6. The number of carbonyl (C=O) groups is 6. The van der Waals surface area contributed by atoms with E-state index in [1.54, 1.807) is 0 Å². The molecule has 0 bridgehead atoms. The Kier molecular flexibility index (Phi) is 13.9. The van der Waals surface area contributed by atoms with E-state index in [-0.39, 0.29) is 34.7 Å². The van der Waals surface area contributed by atoms with E-state index >= 15 is 0 Å². The first-order valence-electron chi connectivity index (χ1n) is 7.88. The fourth-order valence-electron chi connectivity index (χ4n) is 1.88. The molecular weight excluding hydrogens is 510 g/mol. The van der Waals surface area contributed by atoms with E-state index in [1.165, 1.54) is 0 Å². The normalized spacial score (nSPS) is 8.91. The van der Waals surface area contributed by atoms with E-state index in [2.05, 4.69) is 13.3 Å². The third-order valence-corrected chi connectivity index (χ3v) is 3.21. The van der Waals surface area contributed by atoms with Crippen LogP contribution in [0.25, 0.3) is 0 Å². The monoisotopic (exact) mass is 516 g/mol. The van der Waals surface area contributed by atoms with Crippen molar-refractivity contribution in [2.75, 3.05) is 0 Å². The van der Waals surface area contributed by atoms with Crippen LogP contribution in [0, 0.1) is 0 Å². The van der Waals surface area contributed by atoms with Crippen molar-refractivity contribution in [1.29, 1.82) is 0 Å². The summed E-state index contributed by atoms with van der Waals surface area (Å²) in [7, 11) is 0. The molecular formula is C18H6Al2O15. The van der Waals surface area contributed by atoms with E-state index in [0.29, 0.717) is 0 Å². The van der Waals surface area contributed by atoms with Gasteiger partial charge in [0.2, 0.25) is 0 Å². The molecule has 3 aromatic heterocycles. The van der Waals surface area contributed by atoms with Gasteiger partial charge in [-0.25, -0.2) is 0 Å². The van der Waals surface area contributed by atoms with Crippen LogP contribution in [-0.4, -0.2) is 70.5 Å². The van der Waals surface area contributed by atoms with Crippen molar-refractivity contribution in [2.45, 2.75) is 0 Å². The third kappa shape index (κ3) is 9.24. The molecule has 3 heterocycles. The molecule has 0 aromatic carbocycles. The fourth-order valence-corrected chi connectivity index (χ4v) is 1.88. The zero-order chi connectivity index (χ0) is 25.3. The summed E-state index contributed by atoms with van der Waals surface area (Å²) in [6, 6.07) is 2.96. The summed E-state index contributed by atoms with van der Waals surface area (Å²) in [6.45, 7) is 0. The second-order valence-corrected chi connectivity index (χ2v) is 5.21. The molecule has 0 unspecified atom stereocenters. The molecule has 0 amide bonds. The molecule has 174 valence electrons. The van der Waals surface area contributed by atoms with Crippen molar-refractivity contribution in [1.82, 2.24) is 0 Å². The third-order valence-electron chi connectivity index (χ3n) is 3.21. The van der Waals surface area contributed by atoms with Crippen molar-refractivity contribution in [2.24, 2.45) is 0 Å². The van der Waals surface area contributed by atoms with Gasteiger partial charge in [-0.05, 0) is 18.2 Å². The van der Waals surface area contributed by atoms with Crippen molar-refractivity contribution in [3.63, 3.8) is 0 Å². The molecule has 0 saturated carbocycles. The van der Waals surface area contributed by atoms with E-state index in [9.17, 15) is 59.4 Å². The van der Waals surface area contributed by atoms with Gasteiger partial charge in [0.05, 0.1) is 36.7 Å². The predicted octanol–water partition coefficient (Wildman–Crippen LogP) is -6.74. The average molecular weight is 516 g/mol. The number of hydrogen-bond acceptors (Lipinski definition) is 15. The van der Waals surface area contributed by atoms with Crippen molar-refractivity contribution >= 4 is 70.5 Å². The topological polar surface area (TPSA) is 280 Å². The Morgan fingerprint density at radius 3 is 0.743 bits per heavy atom. The number of aromatic carboxylic acids is 6. The van der Waals surface area contributed by atoms with Crippen LogP contribution in [-0.2, 0) is 0 Å². The summed E-state index contributed by atoms with van der Waals surface area (Å²) in [5.74, 6) is -12.0. The maximum atomic E-state index is 10.1. The van der Waals surface area contributed by atoms with Gasteiger partial charge in [-0.2, -0.15) is 0 Å². The molecule has 17 heteroatoms. The quantitative estimate of drug-likeness (QED) is 0.275. The second-order valence-electron chi connectivity index (χ2n) is 5.21. The smallest absolute Gasteiger partial charge is 0.545 e. The van der Waals surface area contributed by atoms with Crippen LogP contribution in [0.1, 0.15) is 62.7 Å². The van der Waals surface area contributed by atoms with Gasteiger partial charge in [-0.3, -0.25) is 0 Å². The van der Waals surface area contributed by atoms with Crippen LogP contribution in [0.5, 0.6) is 0 Å². The van der Waals surface area contributed by atoms with Crippen molar-refractivity contribution in [3.8, 4) is 0 Å². The first kappa shape index (κ1) is 32.9. The molecule has 0 atom stereocenters.